The second-order valence-electron chi connectivity index (χ2n) is 2.92. The van der Waals surface area contributed by atoms with Crippen molar-refractivity contribution in [2.24, 2.45) is 0 Å². The van der Waals surface area contributed by atoms with Crippen LogP contribution in [0.4, 0.5) is 0 Å². The van der Waals surface area contributed by atoms with Crippen molar-refractivity contribution in [3.8, 4) is 0 Å². The van der Waals surface area contributed by atoms with Gasteiger partial charge in [0.05, 0.1) is 5.60 Å². The SMILES string of the molecule is CC[CH]C1(O)CCCC1. The quantitative estimate of drug-likeness (QED) is 0.600. The van der Waals surface area contributed by atoms with Crippen molar-refractivity contribution in [2.75, 3.05) is 0 Å². The Morgan fingerprint density at radius 3 is 2.44 bits per heavy atom. The first-order valence-electron chi connectivity index (χ1n) is 3.83. The summed E-state index contributed by atoms with van der Waals surface area (Å²) in [7, 11) is 0. The van der Waals surface area contributed by atoms with Crippen LogP contribution in [0.5, 0.6) is 0 Å². The molecule has 1 fully saturated rings. The van der Waals surface area contributed by atoms with E-state index in [-0.39, 0.29) is 5.60 Å². The smallest absolute Gasteiger partial charge is 0.0679 e. The summed E-state index contributed by atoms with van der Waals surface area (Å²) in [6, 6.07) is 0. The summed E-state index contributed by atoms with van der Waals surface area (Å²) in [6.07, 6.45) is 7.41. The molecule has 0 amide bonds. The van der Waals surface area contributed by atoms with Crippen molar-refractivity contribution in [1.29, 1.82) is 0 Å². The number of rotatable bonds is 2. The molecular formula is C8H15O. The van der Waals surface area contributed by atoms with E-state index >= 15 is 0 Å². The topological polar surface area (TPSA) is 20.2 Å². The largest absolute Gasteiger partial charge is 0.390 e. The van der Waals surface area contributed by atoms with Gasteiger partial charge in [-0.2, -0.15) is 0 Å². The fraction of sp³-hybridized carbons (Fsp3) is 0.875. The maximum atomic E-state index is 9.64. The lowest BCUT2D eigenvalue weighted by atomic mass is 9.97. The van der Waals surface area contributed by atoms with Crippen molar-refractivity contribution in [3.63, 3.8) is 0 Å². The van der Waals surface area contributed by atoms with E-state index in [4.69, 9.17) is 0 Å². The van der Waals surface area contributed by atoms with E-state index < -0.39 is 0 Å². The third-order valence-electron chi connectivity index (χ3n) is 2.05. The van der Waals surface area contributed by atoms with E-state index in [1.54, 1.807) is 0 Å². The van der Waals surface area contributed by atoms with Gasteiger partial charge in [-0.3, -0.25) is 0 Å². The number of hydrogen-bond donors (Lipinski definition) is 1. The first-order valence-corrected chi connectivity index (χ1v) is 3.83. The van der Waals surface area contributed by atoms with E-state index in [0.29, 0.717) is 0 Å². The minimum absolute atomic E-state index is 0.380. The van der Waals surface area contributed by atoms with Crippen LogP contribution in [0.1, 0.15) is 39.0 Å². The Hall–Kier alpha value is -0.0400. The van der Waals surface area contributed by atoms with Gasteiger partial charge in [-0.1, -0.05) is 26.2 Å². The molecule has 1 aliphatic carbocycles. The fourth-order valence-corrected chi connectivity index (χ4v) is 1.57. The fourth-order valence-electron chi connectivity index (χ4n) is 1.57. The average Bonchev–Trinajstić information content (AvgIpc) is 2.16. The van der Waals surface area contributed by atoms with Gasteiger partial charge in [0.1, 0.15) is 0 Å². The molecule has 1 heteroatoms. The third kappa shape index (κ3) is 1.68. The van der Waals surface area contributed by atoms with E-state index in [0.717, 1.165) is 19.3 Å². The molecule has 0 spiro atoms. The Kier molecular flexibility index (Phi) is 2.12. The Balaban J connectivity index is 2.32. The molecule has 1 nitrogen and oxygen atoms in total. The average molecular weight is 127 g/mol. The molecule has 0 saturated heterocycles. The van der Waals surface area contributed by atoms with Crippen molar-refractivity contribution in [3.05, 3.63) is 6.42 Å². The van der Waals surface area contributed by atoms with Gasteiger partial charge < -0.3 is 5.11 Å². The molecule has 1 rings (SSSR count). The van der Waals surface area contributed by atoms with Gasteiger partial charge in [-0.15, -0.1) is 0 Å². The molecule has 9 heavy (non-hydrogen) atoms. The lowest BCUT2D eigenvalue weighted by molar-refractivity contribution is 0.0790. The lowest BCUT2D eigenvalue weighted by Gasteiger charge is -2.19. The molecule has 53 valence electrons. The highest BCUT2D eigenvalue weighted by atomic mass is 16.3. The Bertz CT molecular complexity index is 82.6. The third-order valence-corrected chi connectivity index (χ3v) is 2.05. The van der Waals surface area contributed by atoms with Crippen LogP contribution in [0, 0.1) is 6.42 Å². The molecule has 0 aliphatic heterocycles. The highest BCUT2D eigenvalue weighted by molar-refractivity contribution is 4.95. The highest BCUT2D eigenvalue weighted by Crippen LogP contribution is 2.32. The molecule has 0 unspecified atom stereocenters. The van der Waals surface area contributed by atoms with Crippen LogP contribution in [0.15, 0.2) is 0 Å². The summed E-state index contributed by atoms with van der Waals surface area (Å²) >= 11 is 0. The molecular weight excluding hydrogens is 112 g/mol. The van der Waals surface area contributed by atoms with Crippen molar-refractivity contribution >= 4 is 0 Å². The second-order valence-corrected chi connectivity index (χ2v) is 2.92. The predicted octanol–water partition coefficient (Wildman–Crippen LogP) is 1.91. The Morgan fingerprint density at radius 1 is 1.44 bits per heavy atom. The molecule has 1 saturated carbocycles. The van der Waals surface area contributed by atoms with Crippen LogP contribution < -0.4 is 0 Å². The number of aliphatic hydroxyl groups is 1. The van der Waals surface area contributed by atoms with Gasteiger partial charge >= 0.3 is 0 Å². The standard InChI is InChI=1S/C8H15O/c1-2-5-8(9)6-3-4-7-8/h5,9H,2-4,6-7H2,1H3. The molecule has 0 bridgehead atoms. The minimum Gasteiger partial charge on any atom is -0.390 e. The van der Waals surface area contributed by atoms with Crippen LogP contribution in [-0.2, 0) is 0 Å². The normalized spacial score (nSPS) is 24.7. The van der Waals surface area contributed by atoms with Crippen LogP contribution in [0.3, 0.4) is 0 Å². The zero-order valence-electron chi connectivity index (χ0n) is 6.06. The summed E-state index contributed by atoms with van der Waals surface area (Å²) in [5.41, 5.74) is -0.380. The highest BCUT2D eigenvalue weighted by Gasteiger charge is 2.29. The maximum Gasteiger partial charge on any atom is 0.0679 e. The second kappa shape index (κ2) is 2.70. The summed E-state index contributed by atoms with van der Waals surface area (Å²) in [5.74, 6) is 0. The molecule has 0 aromatic heterocycles. The van der Waals surface area contributed by atoms with Crippen LogP contribution in [0.25, 0.3) is 0 Å². The predicted molar refractivity (Wildman–Crippen MR) is 38.0 cm³/mol. The Morgan fingerprint density at radius 2 is 2.00 bits per heavy atom. The molecule has 0 heterocycles. The van der Waals surface area contributed by atoms with Gasteiger partial charge in [0.2, 0.25) is 0 Å². The molecule has 0 aromatic rings. The van der Waals surface area contributed by atoms with E-state index in [9.17, 15) is 5.11 Å². The zero-order chi connectivity index (χ0) is 6.74. The molecule has 1 radical (unpaired) electrons. The van der Waals surface area contributed by atoms with Crippen LogP contribution >= 0.6 is 0 Å². The molecule has 1 N–H and O–H groups in total. The van der Waals surface area contributed by atoms with E-state index in [1.165, 1.54) is 12.8 Å². The Labute approximate surface area is 57.1 Å². The van der Waals surface area contributed by atoms with Gasteiger partial charge in [0.15, 0.2) is 0 Å². The molecule has 0 atom stereocenters. The van der Waals surface area contributed by atoms with Gasteiger partial charge in [0, 0.05) is 0 Å². The number of hydrogen-bond acceptors (Lipinski definition) is 1. The molecule has 0 aromatic carbocycles. The van der Waals surface area contributed by atoms with Crippen LogP contribution in [-0.4, -0.2) is 10.7 Å². The van der Waals surface area contributed by atoms with Crippen LogP contribution in [0.2, 0.25) is 0 Å². The first-order chi connectivity index (χ1) is 4.27. The maximum absolute atomic E-state index is 9.64. The summed E-state index contributed by atoms with van der Waals surface area (Å²) in [6.45, 7) is 2.08. The van der Waals surface area contributed by atoms with Crippen molar-refractivity contribution in [2.45, 2.75) is 44.6 Å². The first kappa shape index (κ1) is 7.07. The minimum atomic E-state index is -0.380. The summed E-state index contributed by atoms with van der Waals surface area (Å²) in [4.78, 5) is 0. The zero-order valence-corrected chi connectivity index (χ0v) is 6.06. The molecule has 1 aliphatic rings. The summed E-state index contributed by atoms with van der Waals surface area (Å²) < 4.78 is 0. The monoisotopic (exact) mass is 127 g/mol. The van der Waals surface area contributed by atoms with Gasteiger partial charge in [-0.25, -0.2) is 0 Å². The van der Waals surface area contributed by atoms with Crippen molar-refractivity contribution in [1.82, 2.24) is 0 Å². The van der Waals surface area contributed by atoms with Gasteiger partial charge in [0.25, 0.3) is 0 Å². The lowest BCUT2D eigenvalue weighted by Crippen LogP contribution is -2.23. The summed E-state index contributed by atoms with van der Waals surface area (Å²) in [5, 5.41) is 9.64. The van der Waals surface area contributed by atoms with Crippen molar-refractivity contribution < 1.29 is 5.11 Å². The van der Waals surface area contributed by atoms with Gasteiger partial charge in [-0.05, 0) is 19.3 Å². The van der Waals surface area contributed by atoms with E-state index in [1.807, 2.05) is 6.42 Å². The van der Waals surface area contributed by atoms with E-state index in [2.05, 4.69) is 6.92 Å².